The summed E-state index contributed by atoms with van der Waals surface area (Å²) in [7, 11) is 0. The largest absolute Gasteiger partial charge is 0.313 e. The van der Waals surface area contributed by atoms with Crippen molar-refractivity contribution < 1.29 is 0 Å². The molecule has 0 spiro atoms. The number of nitrogens with zero attached hydrogens (tertiary/aromatic N) is 2. The Hall–Kier alpha value is -1.13. The summed E-state index contributed by atoms with van der Waals surface area (Å²) in [6.07, 6.45) is 1.16. The fourth-order valence-electron chi connectivity index (χ4n) is 2.26. The first-order valence-corrected chi connectivity index (χ1v) is 7.86. The fourth-order valence-corrected chi connectivity index (χ4v) is 2.51. The van der Waals surface area contributed by atoms with Gasteiger partial charge in [-0.1, -0.05) is 19.1 Å². The van der Waals surface area contributed by atoms with E-state index in [1.54, 1.807) is 0 Å². The molecule has 0 amide bonds. The molecule has 0 aliphatic carbocycles. The fraction of sp³-hybridized carbons (Fsp3) is 0.438. The average Bonchev–Trinajstić information content (AvgIpc) is 2.69. The van der Waals surface area contributed by atoms with Crippen LogP contribution in [0.4, 0.5) is 0 Å². The van der Waals surface area contributed by atoms with Gasteiger partial charge < -0.3 is 5.32 Å². The van der Waals surface area contributed by atoms with Crippen molar-refractivity contribution in [3.63, 3.8) is 0 Å². The second-order valence-corrected chi connectivity index (χ2v) is 5.99. The molecule has 108 valence electrons. The average molecular weight is 336 g/mol. The molecule has 0 saturated carbocycles. The third kappa shape index (κ3) is 3.13. The Morgan fingerprint density at radius 1 is 1.25 bits per heavy atom. The molecule has 0 atom stereocenters. The van der Waals surface area contributed by atoms with Gasteiger partial charge in [0.15, 0.2) is 0 Å². The molecule has 3 nitrogen and oxygen atoms in total. The van der Waals surface area contributed by atoms with Gasteiger partial charge in [-0.3, -0.25) is 0 Å². The van der Waals surface area contributed by atoms with E-state index in [2.05, 4.69) is 65.3 Å². The van der Waals surface area contributed by atoms with Gasteiger partial charge in [0.1, 0.15) is 0 Å². The first-order chi connectivity index (χ1) is 9.54. The van der Waals surface area contributed by atoms with E-state index >= 15 is 0 Å². The summed E-state index contributed by atoms with van der Waals surface area (Å²) in [5, 5.41) is 8.07. The van der Waals surface area contributed by atoms with Crippen molar-refractivity contribution in [3.05, 3.63) is 45.2 Å². The summed E-state index contributed by atoms with van der Waals surface area (Å²) in [6, 6.07) is 6.58. The summed E-state index contributed by atoms with van der Waals surface area (Å²) in [5.41, 5.74) is 5.86. The van der Waals surface area contributed by atoms with Crippen LogP contribution in [-0.2, 0) is 6.54 Å². The zero-order valence-corrected chi connectivity index (χ0v) is 14.2. The molecule has 0 radical (unpaired) electrons. The van der Waals surface area contributed by atoms with Crippen LogP contribution in [0.25, 0.3) is 5.69 Å². The summed E-state index contributed by atoms with van der Waals surface area (Å²) >= 11 is 3.60. The van der Waals surface area contributed by atoms with Crippen LogP contribution in [0.2, 0.25) is 0 Å². The molecule has 0 unspecified atom stereocenters. The van der Waals surface area contributed by atoms with E-state index in [1.165, 1.54) is 11.1 Å². The lowest BCUT2D eigenvalue weighted by Crippen LogP contribution is -2.14. The zero-order valence-electron chi connectivity index (χ0n) is 12.6. The molecule has 2 aromatic rings. The van der Waals surface area contributed by atoms with Gasteiger partial charge in [0.05, 0.1) is 21.5 Å². The minimum atomic E-state index is 0.904. The number of hydrogen-bond acceptors (Lipinski definition) is 2. The maximum absolute atomic E-state index is 4.63. The van der Waals surface area contributed by atoms with Crippen LogP contribution in [0, 0.1) is 20.8 Å². The smallest absolute Gasteiger partial charge is 0.0743 e. The van der Waals surface area contributed by atoms with E-state index in [-0.39, 0.29) is 0 Å². The Balaban J connectivity index is 2.35. The first kappa shape index (κ1) is 15.3. The van der Waals surface area contributed by atoms with Gasteiger partial charge in [-0.05, 0) is 66.9 Å². The molecule has 1 heterocycles. The summed E-state index contributed by atoms with van der Waals surface area (Å²) in [6.45, 7) is 10.4. The van der Waals surface area contributed by atoms with Crippen molar-refractivity contribution in [2.24, 2.45) is 0 Å². The van der Waals surface area contributed by atoms with Crippen molar-refractivity contribution in [1.29, 1.82) is 0 Å². The molecule has 4 heteroatoms. The minimum absolute atomic E-state index is 0.904. The Labute approximate surface area is 129 Å². The number of halogens is 1. The zero-order chi connectivity index (χ0) is 14.7. The highest BCUT2D eigenvalue weighted by atomic mass is 79.9. The molecule has 20 heavy (non-hydrogen) atoms. The summed E-state index contributed by atoms with van der Waals surface area (Å²) in [4.78, 5) is 0. The normalized spacial score (nSPS) is 11.1. The van der Waals surface area contributed by atoms with E-state index in [9.17, 15) is 0 Å². The summed E-state index contributed by atoms with van der Waals surface area (Å²) in [5.74, 6) is 0. The van der Waals surface area contributed by atoms with E-state index in [4.69, 9.17) is 0 Å². The first-order valence-electron chi connectivity index (χ1n) is 7.07. The highest BCUT2D eigenvalue weighted by Gasteiger charge is 2.12. The van der Waals surface area contributed by atoms with Crippen LogP contribution in [0.3, 0.4) is 0 Å². The van der Waals surface area contributed by atoms with Crippen molar-refractivity contribution in [3.8, 4) is 5.69 Å². The molecule has 0 fully saturated rings. The number of benzene rings is 1. The van der Waals surface area contributed by atoms with Crippen molar-refractivity contribution in [1.82, 2.24) is 15.1 Å². The molecule has 0 bridgehead atoms. The van der Waals surface area contributed by atoms with E-state index in [0.717, 1.165) is 41.1 Å². The molecule has 1 N–H and O–H groups in total. The lowest BCUT2D eigenvalue weighted by Gasteiger charge is -2.11. The SMILES string of the molecule is CCCNCc1ccc(C)c(-n2nc(C)c(Br)c2C)c1. The lowest BCUT2D eigenvalue weighted by molar-refractivity contribution is 0.674. The lowest BCUT2D eigenvalue weighted by atomic mass is 10.1. The molecule has 2 rings (SSSR count). The maximum Gasteiger partial charge on any atom is 0.0743 e. The molecule has 1 aromatic carbocycles. The predicted molar refractivity (Wildman–Crippen MR) is 87.5 cm³/mol. The topological polar surface area (TPSA) is 29.9 Å². The van der Waals surface area contributed by atoms with Crippen LogP contribution in [0.15, 0.2) is 22.7 Å². The quantitative estimate of drug-likeness (QED) is 0.835. The highest BCUT2D eigenvalue weighted by molar-refractivity contribution is 9.10. The highest BCUT2D eigenvalue weighted by Crippen LogP contribution is 2.25. The van der Waals surface area contributed by atoms with Gasteiger partial charge >= 0.3 is 0 Å². The van der Waals surface area contributed by atoms with Crippen molar-refractivity contribution >= 4 is 15.9 Å². The van der Waals surface area contributed by atoms with Gasteiger partial charge in [0.25, 0.3) is 0 Å². The van der Waals surface area contributed by atoms with Crippen LogP contribution >= 0.6 is 15.9 Å². The van der Waals surface area contributed by atoms with Crippen LogP contribution in [0.1, 0.15) is 35.9 Å². The third-order valence-corrected chi connectivity index (χ3v) is 4.61. The second-order valence-electron chi connectivity index (χ2n) is 5.19. The van der Waals surface area contributed by atoms with Crippen LogP contribution in [-0.4, -0.2) is 16.3 Å². The van der Waals surface area contributed by atoms with E-state index in [0.29, 0.717) is 0 Å². The monoisotopic (exact) mass is 335 g/mol. The maximum atomic E-state index is 4.63. The molecular formula is C16H22BrN3. The number of rotatable bonds is 5. The second kappa shape index (κ2) is 6.55. The predicted octanol–water partition coefficient (Wildman–Crippen LogP) is 4.06. The number of aromatic nitrogens is 2. The van der Waals surface area contributed by atoms with E-state index in [1.807, 2.05) is 11.6 Å². The number of nitrogens with one attached hydrogen (secondary N) is 1. The van der Waals surface area contributed by atoms with Gasteiger partial charge in [-0.15, -0.1) is 0 Å². The van der Waals surface area contributed by atoms with Crippen molar-refractivity contribution in [2.45, 2.75) is 40.7 Å². The molecule has 1 aromatic heterocycles. The van der Waals surface area contributed by atoms with Crippen LogP contribution in [0.5, 0.6) is 0 Å². The number of aryl methyl sites for hydroxylation is 2. The molecule has 0 saturated heterocycles. The van der Waals surface area contributed by atoms with Gasteiger partial charge in [0.2, 0.25) is 0 Å². The Morgan fingerprint density at radius 3 is 2.60 bits per heavy atom. The van der Waals surface area contributed by atoms with Gasteiger partial charge in [0, 0.05) is 6.54 Å². The Bertz CT molecular complexity index is 602. The number of hydrogen-bond donors (Lipinski definition) is 1. The van der Waals surface area contributed by atoms with Crippen LogP contribution < -0.4 is 5.32 Å². The van der Waals surface area contributed by atoms with Crippen molar-refractivity contribution in [2.75, 3.05) is 6.54 Å². The van der Waals surface area contributed by atoms with Gasteiger partial charge in [-0.25, -0.2) is 4.68 Å². The Morgan fingerprint density at radius 2 is 2.00 bits per heavy atom. The molecular weight excluding hydrogens is 314 g/mol. The van der Waals surface area contributed by atoms with E-state index < -0.39 is 0 Å². The summed E-state index contributed by atoms with van der Waals surface area (Å²) < 4.78 is 3.12. The Kier molecular flexibility index (Phi) is 5.00. The minimum Gasteiger partial charge on any atom is -0.313 e. The van der Waals surface area contributed by atoms with Gasteiger partial charge in [-0.2, -0.15) is 5.10 Å². The molecule has 0 aliphatic rings. The standard InChI is InChI=1S/C16H22BrN3/c1-5-8-18-10-14-7-6-11(2)15(9-14)20-13(4)16(17)12(3)19-20/h6-7,9,18H,5,8,10H2,1-4H3. The third-order valence-electron chi connectivity index (χ3n) is 3.46. The molecule has 0 aliphatic heterocycles.